The Labute approximate surface area is 107 Å². The van der Waals surface area contributed by atoms with E-state index in [0.29, 0.717) is 11.3 Å². The van der Waals surface area contributed by atoms with Gasteiger partial charge >= 0.3 is 0 Å². The Hall–Kier alpha value is -1.90. The second-order valence-electron chi connectivity index (χ2n) is 4.22. The highest BCUT2D eigenvalue weighted by Gasteiger charge is 2.01. The zero-order valence-electron chi connectivity index (χ0n) is 10.7. The number of hydrogen-bond donors (Lipinski definition) is 2. The number of nitrogens with one attached hydrogen (secondary N) is 2. The van der Waals surface area contributed by atoms with Crippen molar-refractivity contribution >= 4 is 11.6 Å². The molecule has 0 saturated heterocycles. The van der Waals surface area contributed by atoms with Gasteiger partial charge in [-0.2, -0.15) is 5.26 Å². The van der Waals surface area contributed by atoms with Crippen molar-refractivity contribution in [1.29, 1.82) is 5.26 Å². The van der Waals surface area contributed by atoms with E-state index in [1.807, 2.05) is 25.1 Å². The van der Waals surface area contributed by atoms with Gasteiger partial charge < -0.3 is 15.5 Å². The monoisotopic (exact) mass is 246 g/mol. The van der Waals surface area contributed by atoms with Crippen LogP contribution in [0.2, 0.25) is 0 Å². The first-order valence-corrected chi connectivity index (χ1v) is 5.77. The van der Waals surface area contributed by atoms with E-state index in [9.17, 15) is 4.79 Å². The largest absolute Gasteiger partial charge is 0.325 e. The van der Waals surface area contributed by atoms with Gasteiger partial charge in [-0.05, 0) is 38.4 Å². The Bertz CT molecular complexity index is 420. The molecule has 5 heteroatoms. The number of benzene rings is 1. The normalized spacial score (nSPS) is 10.1. The number of hydrogen-bond acceptors (Lipinski definition) is 4. The predicted molar refractivity (Wildman–Crippen MR) is 71.2 cm³/mol. The quantitative estimate of drug-likeness (QED) is 0.723. The molecular formula is C13H18N4O. The lowest BCUT2D eigenvalue weighted by Gasteiger charge is -2.10. The molecule has 0 radical (unpaired) electrons. The molecule has 0 atom stereocenters. The summed E-state index contributed by atoms with van der Waals surface area (Å²) in [6, 6.07) is 8.82. The van der Waals surface area contributed by atoms with Crippen molar-refractivity contribution in [2.75, 3.05) is 39.0 Å². The summed E-state index contributed by atoms with van der Waals surface area (Å²) in [7, 11) is 3.97. The molecule has 1 amide bonds. The molecule has 0 aromatic heterocycles. The topological polar surface area (TPSA) is 68.2 Å². The number of carbonyl (C=O) groups is 1. The van der Waals surface area contributed by atoms with E-state index in [1.54, 1.807) is 24.3 Å². The summed E-state index contributed by atoms with van der Waals surface area (Å²) in [5, 5.41) is 14.5. The van der Waals surface area contributed by atoms with Crippen LogP contribution in [0.4, 0.5) is 5.69 Å². The van der Waals surface area contributed by atoms with Gasteiger partial charge in [-0.3, -0.25) is 4.79 Å². The van der Waals surface area contributed by atoms with E-state index >= 15 is 0 Å². The number of likely N-dealkylation sites (N-methyl/N-ethyl adjacent to an activating group) is 1. The third-order valence-corrected chi connectivity index (χ3v) is 2.32. The lowest BCUT2D eigenvalue weighted by molar-refractivity contribution is -0.115. The van der Waals surface area contributed by atoms with Gasteiger partial charge in [0.25, 0.3) is 0 Å². The fourth-order valence-corrected chi connectivity index (χ4v) is 1.34. The summed E-state index contributed by atoms with van der Waals surface area (Å²) in [5.74, 6) is -0.0848. The average molecular weight is 246 g/mol. The minimum Gasteiger partial charge on any atom is -0.325 e. The van der Waals surface area contributed by atoms with Gasteiger partial charge in [-0.15, -0.1) is 0 Å². The number of anilines is 1. The third-order valence-electron chi connectivity index (χ3n) is 2.32. The fraction of sp³-hybridized carbons (Fsp3) is 0.385. The highest BCUT2D eigenvalue weighted by molar-refractivity contribution is 5.92. The Kier molecular flexibility index (Phi) is 5.85. The van der Waals surface area contributed by atoms with Crippen molar-refractivity contribution < 1.29 is 4.79 Å². The second kappa shape index (κ2) is 7.43. The van der Waals surface area contributed by atoms with Crippen LogP contribution in [0.5, 0.6) is 0 Å². The molecule has 1 aromatic carbocycles. The lowest BCUT2D eigenvalue weighted by Crippen LogP contribution is -2.33. The fourth-order valence-electron chi connectivity index (χ4n) is 1.34. The van der Waals surface area contributed by atoms with Crippen LogP contribution in [0.1, 0.15) is 5.56 Å². The summed E-state index contributed by atoms with van der Waals surface area (Å²) in [5.41, 5.74) is 1.28. The molecule has 0 aliphatic rings. The Morgan fingerprint density at radius 2 is 2.00 bits per heavy atom. The number of amides is 1. The first kappa shape index (κ1) is 14.2. The molecule has 0 saturated carbocycles. The summed E-state index contributed by atoms with van der Waals surface area (Å²) in [6.45, 7) is 1.95. The van der Waals surface area contributed by atoms with E-state index in [1.165, 1.54) is 0 Å². The second-order valence-corrected chi connectivity index (χ2v) is 4.22. The highest BCUT2D eigenvalue weighted by Crippen LogP contribution is 2.08. The number of nitrogens with zero attached hydrogens (tertiary/aromatic N) is 2. The zero-order chi connectivity index (χ0) is 13.4. The molecule has 18 heavy (non-hydrogen) atoms. The van der Waals surface area contributed by atoms with Crippen LogP contribution in [-0.4, -0.2) is 44.5 Å². The molecule has 0 heterocycles. The maximum absolute atomic E-state index is 11.6. The van der Waals surface area contributed by atoms with Crippen LogP contribution >= 0.6 is 0 Å². The number of rotatable bonds is 6. The van der Waals surface area contributed by atoms with Gasteiger partial charge in [0.1, 0.15) is 0 Å². The summed E-state index contributed by atoms with van der Waals surface area (Å²) in [6.07, 6.45) is 0. The van der Waals surface area contributed by atoms with Gasteiger partial charge in [0, 0.05) is 18.8 Å². The van der Waals surface area contributed by atoms with Crippen molar-refractivity contribution in [2.24, 2.45) is 0 Å². The van der Waals surface area contributed by atoms with E-state index in [0.717, 1.165) is 13.1 Å². The molecule has 0 unspecified atom stereocenters. The first-order chi connectivity index (χ1) is 8.61. The highest BCUT2D eigenvalue weighted by atomic mass is 16.1. The summed E-state index contributed by atoms with van der Waals surface area (Å²) in [4.78, 5) is 13.6. The van der Waals surface area contributed by atoms with Crippen molar-refractivity contribution in [3.63, 3.8) is 0 Å². The van der Waals surface area contributed by atoms with Gasteiger partial charge in [-0.1, -0.05) is 0 Å². The van der Waals surface area contributed by atoms with Crippen LogP contribution < -0.4 is 10.6 Å². The standard InChI is InChI=1S/C13H18N4O/c1-17(2)8-7-15-10-13(18)16-12-5-3-11(9-14)4-6-12/h3-6,15H,7-8,10H2,1-2H3,(H,16,18). The minimum atomic E-state index is -0.0848. The Balaban J connectivity index is 2.29. The average Bonchev–Trinajstić information content (AvgIpc) is 2.35. The maximum atomic E-state index is 11.6. The SMILES string of the molecule is CN(C)CCNCC(=O)Nc1ccc(C#N)cc1. The van der Waals surface area contributed by atoms with Gasteiger partial charge in [0.2, 0.25) is 5.91 Å². The van der Waals surface area contributed by atoms with E-state index in [4.69, 9.17) is 5.26 Å². The van der Waals surface area contributed by atoms with Crippen LogP contribution in [0.25, 0.3) is 0 Å². The molecule has 1 rings (SSSR count). The molecule has 0 spiro atoms. The van der Waals surface area contributed by atoms with Gasteiger partial charge in [0.15, 0.2) is 0 Å². The van der Waals surface area contributed by atoms with E-state index in [-0.39, 0.29) is 12.5 Å². The van der Waals surface area contributed by atoms with Crippen LogP contribution in [0.15, 0.2) is 24.3 Å². The number of carbonyl (C=O) groups excluding carboxylic acids is 1. The molecule has 0 bridgehead atoms. The van der Waals surface area contributed by atoms with E-state index in [2.05, 4.69) is 10.6 Å². The minimum absolute atomic E-state index is 0.0848. The van der Waals surface area contributed by atoms with Crippen molar-refractivity contribution in [2.45, 2.75) is 0 Å². The van der Waals surface area contributed by atoms with Crippen LogP contribution in [-0.2, 0) is 4.79 Å². The van der Waals surface area contributed by atoms with Crippen LogP contribution in [0.3, 0.4) is 0 Å². The lowest BCUT2D eigenvalue weighted by atomic mass is 10.2. The zero-order valence-corrected chi connectivity index (χ0v) is 10.7. The molecule has 0 aliphatic carbocycles. The molecule has 5 nitrogen and oxygen atoms in total. The summed E-state index contributed by atoms with van der Waals surface area (Å²) >= 11 is 0. The smallest absolute Gasteiger partial charge is 0.238 e. The molecule has 0 fully saturated rings. The molecular weight excluding hydrogens is 228 g/mol. The predicted octanol–water partition coefficient (Wildman–Crippen LogP) is 0.648. The number of nitriles is 1. The molecule has 0 aliphatic heterocycles. The first-order valence-electron chi connectivity index (χ1n) is 5.77. The van der Waals surface area contributed by atoms with E-state index < -0.39 is 0 Å². The third kappa shape index (κ3) is 5.43. The summed E-state index contributed by atoms with van der Waals surface area (Å²) < 4.78 is 0. The molecule has 96 valence electrons. The maximum Gasteiger partial charge on any atom is 0.238 e. The van der Waals surface area contributed by atoms with Crippen molar-refractivity contribution in [1.82, 2.24) is 10.2 Å². The van der Waals surface area contributed by atoms with Crippen LogP contribution in [0, 0.1) is 11.3 Å². The van der Waals surface area contributed by atoms with Crippen molar-refractivity contribution in [3.05, 3.63) is 29.8 Å². The molecule has 1 aromatic rings. The van der Waals surface area contributed by atoms with Gasteiger partial charge in [0.05, 0.1) is 18.2 Å². The Morgan fingerprint density at radius 3 is 2.56 bits per heavy atom. The van der Waals surface area contributed by atoms with Gasteiger partial charge in [-0.25, -0.2) is 0 Å². The Morgan fingerprint density at radius 1 is 1.33 bits per heavy atom. The molecule has 2 N–H and O–H groups in total. The van der Waals surface area contributed by atoms with Crippen molar-refractivity contribution in [3.8, 4) is 6.07 Å².